The number of nitrogens with one attached hydrogen (secondary N) is 1. The van der Waals surface area contributed by atoms with Gasteiger partial charge in [-0.25, -0.2) is 0 Å². The summed E-state index contributed by atoms with van der Waals surface area (Å²) in [5, 5.41) is 21.3. The Kier molecular flexibility index (Phi) is 5.91. The summed E-state index contributed by atoms with van der Waals surface area (Å²) in [7, 11) is 0. The molecule has 1 atom stereocenters. The number of hydrogen-bond acceptors (Lipinski definition) is 6. The first-order valence-corrected chi connectivity index (χ1v) is 10.4. The lowest BCUT2D eigenvalue weighted by atomic mass is 9.90. The van der Waals surface area contributed by atoms with Crippen LogP contribution in [0.5, 0.6) is 0 Å². The molecule has 8 nitrogen and oxygen atoms in total. The van der Waals surface area contributed by atoms with Crippen LogP contribution < -0.4 is 16.0 Å². The summed E-state index contributed by atoms with van der Waals surface area (Å²) in [6.45, 7) is 1.26. The van der Waals surface area contributed by atoms with Crippen LogP contribution in [0.1, 0.15) is 39.9 Å². The van der Waals surface area contributed by atoms with Crippen LogP contribution in [0.25, 0.3) is 0 Å². The molecular weight excluding hydrogens is 406 g/mol. The molecule has 0 bridgehead atoms. The monoisotopic (exact) mass is 429 g/mol. The molecule has 0 aromatic heterocycles. The Labute approximate surface area is 186 Å². The molecule has 2 aromatic rings. The normalized spacial score (nSPS) is 17.7. The van der Waals surface area contributed by atoms with Crippen LogP contribution in [0.15, 0.2) is 42.5 Å². The Bertz CT molecular complexity index is 1120. The smallest absolute Gasteiger partial charge is 0.258 e. The maximum Gasteiger partial charge on any atom is 0.258 e. The number of carbonyl (C=O) groups excluding carboxylic acids is 2. The van der Waals surface area contributed by atoms with Crippen molar-refractivity contribution < 1.29 is 14.3 Å². The van der Waals surface area contributed by atoms with E-state index in [1.807, 2.05) is 12.1 Å². The molecule has 2 amide bonds. The molecule has 0 spiro atoms. The summed E-state index contributed by atoms with van der Waals surface area (Å²) in [6, 6.07) is 15.8. The van der Waals surface area contributed by atoms with Gasteiger partial charge in [-0.15, -0.1) is 0 Å². The fourth-order valence-corrected chi connectivity index (χ4v) is 4.05. The van der Waals surface area contributed by atoms with Crippen LogP contribution in [0, 0.1) is 22.7 Å². The third kappa shape index (κ3) is 4.19. The van der Waals surface area contributed by atoms with Gasteiger partial charge >= 0.3 is 0 Å². The summed E-state index contributed by atoms with van der Waals surface area (Å²) >= 11 is 0. The molecule has 2 aliphatic rings. The number of anilines is 1. The number of rotatable bonds is 5. The molecule has 2 aromatic carbocycles. The van der Waals surface area contributed by atoms with Crippen molar-refractivity contribution in [3.05, 3.63) is 64.7 Å². The second-order valence-electron chi connectivity index (χ2n) is 8.17. The minimum Gasteiger partial charge on any atom is -0.381 e. The van der Waals surface area contributed by atoms with Crippen LogP contribution >= 0.6 is 0 Å². The maximum atomic E-state index is 12.8. The van der Waals surface area contributed by atoms with Gasteiger partial charge in [0.05, 0.1) is 29.8 Å². The number of fused-ring (bicyclic) bond motifs is 1. The summed E-state index contributed by atoms with van der Waals surface area (Å²) in [6.07, 6.45) is 1.15. The number of ether oxygens (including phenoxy) is 1. The topological polar surface area (TPSA) is 132 Å². The highest BCUT2D eigenvalue weighted by molar-refractivity contribution is 6.10. The van der Waals surface area contributed by atoms with Crippen molar-refractivity contribution in [1.82, 2.24) is 5.32 Å². The minimum absolute atomic E-state index is 0.106. The van der Waals surface area contributed by atoms with Gasteiger partial charge in [0.15, 0.2) is 0 Å². The minimum atomic E-state index is -1.01. The molecule has 8 heteroatoms. The highest BCUT2D eigenvalue weighted by Gasteiger charge is 2.37. The maximum absolute atomic E-state index is 12.8. The molecule has 4 rings (SSSR count). The predicted molar refractivity (Wildman–Crippen MR) is 116 cm³/mol. The third-order valence-corrected chi connectivity index (χ3v) is 6.02. The van der Waals surface area contributed by atoms with Gasteiger partial charge < -0.3 is 20.7 Å². The number of hydrogen-bond donors (Lipinski definition) is 2. The molecular formula is C24H23N5O3. The number of carbonyl (C=O) groups is 2. The molecule has 32 heavy (non-hydrogen) atoms. The molecule has 3 N–H and O–H groups in total. The summed E-state index contributed by atoms with van der Waals surface area (Å²) in [4.78, 5) is 27.1. The van der Waals surface area contributed by atoms with Crippen molar-refractivity contribution in [3.63, 3.8) is 0 Å². The molecule has 2 aliphatic heterocycles. The van der Waals surface area contributed by atoms with E-state index in [2.05, 4.69) is 17.5 Å². The first-order valence-electron chi connectivity index (χ1n) is 10.4. The van der Waals surface area contributed by atoms with Crippen molar-refractivity contribution >= 4 is 17.5 Å². The lowest BCUT2D eigenvalue weighted by Crippen LogP contribution is -2.58. The van der Waals surface area contributed by atoms with Crippen LogP contribution in [0.3, 0.4) is 0 Å². The fraction of sp³-hybridized carbons (Fsp3) is 0.333. The van der Waals surface area contributed by atoms with Crippen LogP contribution in [-0.2, 0) is 22.5 Å². The lowest BCUT2D eigenvalue weighted by Gasteiger charge is -2.32. The Morgan fingerprint density at radius 2 is 1.91 bits per heavy atom. The largest absolute Gasteiger partial charge is 0.381 e. The molecule has 0 saturated carbocycles. The number of nitriles is 2. The van der Waals surface area contributed by atoms with Gasteiger partial charge in [0.1, 0.15) is 6.04 Å². The highest BCUT2D eigenvalue weighted by Crippen LogP contribution is 2.29. The van der Waals surface area contributed by atoms with Gasteiger partial charge in [0.25, 0.3) is 5.91 Å². The van der Waals surface area contributed by atoms with E-state index in [0.29, 0.717) is 50.1 Å². The SMILES string of the molecule is N#Cc1ccc(N2Cc3cc(C[C@@H](C#N)NC(=O)C4(N)CCOCC4)ccc3C2=O)cc1. The van der Waals surface area contributed by atoms with Crippen molar-refractivity contribution in [1.29, 1.82) is 10.5 Å². The van der Waals surface area contributed by atoms with E-state index in [0.717, 1.165) is 16.8 Å². The van der Waals surface area contributed by atoms with E-state index < -0.39 is 11.6 Å². The summed E-state index contributed by atoms with van der Waals surface area (Å²) in [5.74, 6) is -0.443. The van der Waals surface area contributed by atoms with E-state index >= 15 is 0 Å². The third-order valence-electron chi connectivity index (χ3n) is 6.02. The Hall–Kier alpha value is -3.72. The summed E-state index contributed by atoms with van der Waals surface area (Å²) < 4.78 is 5.27. The molecule has 0 aliphatic carbocycles. The van der Waals surface area contributed by atoms with E-state index in [9.17, 15) is 14.9 Å². The lowest BCUT2D eigenvalue weighted by molar-refractivity contribution is -0.130. The number of nitrogens with two attached hydrogens (primary N) is 1. The molecule has 1 saturated heterocycles. The summed E-state index contributed by atoms with van der Waals surface area (Å²) in [5.41, 5.74) is 8.77. The molecule has 162 valence electrons. The molecule has 2 heterocycles. The van der Waals surface area contributed by atoms with Crippen molar-refractivity contribution in [2.45, 2.75) is 37.4 Å². The van der Waals surface area contributed by atoms with Gasteiger partial charge in [-0.3, -0.25) is 9.59 Å². The zero-order chi connectivity index (χ0) is 22.7. The second-order valence-corrected chi connectivity index (χ2v) is 8.17. The van der Waals surface area contributed by atoms with Crippen molar-refractivity contribution in [2.24, 2.45) is 5.73 Å². The van der Waals surface area contributed by atoms with E-state index in [-0.39, 0.29) is 11.8 Å². The van der Waals surface area contributed by atoms with Crippen LogP contribution in [0.4, 0.5) is 5.69 Å². The number of benzene rings is 2. The van der Waals surface area contributed by atoms with E-state index in [1.54, 1.807) is 35.2 Å². The predicted octanol–water partition coefficient (Wildman–Crippen LogP) is 1.78. The van der Waals surface area contributed by atoms with Gasteiger partial charge in [-0.2, -0.15) is 10.5 Å². The van der Waals surface area contributed by atoms with Crippen LogP contribution in [0.2, 0.25) is 0 Å². The number of nitrogens with zero attached hydrogens (tertiary/aromatic N) is 3. The fourth-order valence-electron chi connectivity index (χ4n) is 4.05. The van der Waals surface area contributed by atoms with Gasteiger partial charge in [0, 0.05) is 30.9 Å². The van der Waals surface area contributed by atoms with E-state index in [1.165, 1.54) is 0 Å². The van der Waals surface area contributed by atoms with Crippen molar-refractivity contribution in [3.8, 4) is 12.1 Å². The average molecular weight is 429 g/mol. The molecule has 1 fully saturated rings. The Balaban J connectivity index is 1.45. The Morgan fingerprint density at radius 1 is 1.19 bits per heavy atom. The van der Waals surface area contributed by atoms with Gasteiger partial charge in [-0.05, 0) is 54.3 Å². The zero-order valence-electron chi connectivity index (χ0n) is 17.5. The second kappa shape index (κ2) is 8.80. The Morgan fingerprint density at radius 3 is 2.56 bits per heavy atom. The van der Waals surface area contributed by atoms with Gasteiger partial charge in [-0.1, -0.05) is 12.1 Å². The average Bonchev–Trinajstić information content (AvgIpc) is 3.14. The molecule has 0 unspecified atom stereocenters. The standard InChI is InChI=1S/C24H23N5O3/c25-13-16-1-4-20(5-2-16)29-15-18-11-17(3-6-21(18)22(29)30)12-19(14-26)28-23(31)24(27)7-9-32-10-8-24/h1-6,11,19H,7-10,12,15,27H2,(H,28,31)/t19-/m0/s1. The highest BCUT2D eigenvalue weighted by atomic mass is 16.5. The number of amides is 2. The van der Waals surface area contributed by atoms with Crippen molar-refractivity contribution in [2.75, 3.05) is 18.1 Å². The quantitative estimate of drug-likeness (QED) is 0.744. The first-order chi connectivity index (χ1) is 15.4. The zero-order valence-corrected chi connectivity index (χ0v) is 17.5. The van der Waals surface area contributed by atoms with Crippen LogP contribution in [-0.4, -0.2) is 36.6 Å². The van der Waals surface area contributed by atoms with E-state index in [4.69, 9.17) is 15.7 Å². The molecule has 0 radical (unpaired) electrons. The van der Waals surface area contributed by atoms with Gasteiger partial charge in [0.2, 0.25) is 5.91 Å². The first kappa shape index (κ1) is 21.5.